The maximum atomic E-state index is 12.9. The molecule has 0 spiro atoms. The molecule has 0 fully saturated rings. The Kier molecular flexibility index (Phi) is 68.8. The third-order valence-electron chi connectivity index (χ3n) is 17.2. The average Bonchev–Trinajstić information content (AvgIpc) is 3.58. The normalized spacial score (nSPS) is 13.4. The van der Waals surface area contributed by atoms with Crippen LogP contribution in [-0.4, -0.2) is 74.9 Å². The first-order valence-corrected chi connectivity index (χ1v) is 40.2. The molecule has 0 saturated heterocycles. The summed E-state index contributed by atoms with van der Waals surface area (Å²) in [5.74, 6) is -0.783. The van der Waals surface area contributed by atoms with Crippen molar-refractivity contribution in [2.45, 2.75) is 380 Å². The van der Waals surface area contributed by atoms with Crippen LogP contribution in [0.15, 0.2) is 72.9 Å². The lowest BCUT2D eigenvalue weighted by Gasteiger charge is -2.24. The van der Waals surface area contributed by atoms with Crippen molar-refractivity contribution in [3.63, 3.8) is 0 Å². The van der Waals surface area contributed by atoms with Gasteiger partial charge in [-0.3, -0.25) is 18.6 Å². The molecule has 0 radical (unpaired) electrons. The fraction of sp³-hybridized carbons (Fsp3) is 0.825. The summed E-state index contributed by atoms with van der Waals surface area (Å²) in [7, 11) is 1.49. The standard InChI is InChI=1S/C80H148NO8P/c1-6-8-10-12-14-16-18-20-22-24-26-28-30-32-34-36-37-38-39-40-41-42-43-45-46-48-50-52-54-56-58-60-62-64-66-68-70-72-79(82)86-76-78(77-88-90(84,85)87-75-74-81(3,4)5)89-80(83)73-71-69-67-65-63-61-59-57-55-53-51-49-47-44-35-33-31-29-27-25-23-21-19-17-15-13-11-9-7-2/h9,11,15,17,21,23-24,26-27,29,33,35,78H,6-8,10,12-14,16,18-20,22,25,28,30-32,34,36-77H2,1-5H3/p+1/b11-9-,17-15-,23-21-,26-24-,29-27-,35-33-. The lowest BCUT2D eigenvalue weighted by Crippen LogP contribution is -2.37. The maximum Gasteiger partial charge on any atom is 0.472 e. The molecule has 0 aromatic rings. The van der Waals surface area contributed by atoms with Crippen molar-refractivity contribution in [1.29, 1.82) is 0 Å². The third kappa shape index (κ3) is 74.5. The molecule has 0 aliphatic carbocycles. The van der Waals surface area contributed by atoms with Crippen LogP contribution in [0.4, 0.5) is 0 Å². The second kappa shape index (κ2) is 70.8. The first-order valence-electron chi connectivity index (χ1n) is 38.7. The van der Waals surface area contributed by atoms with Crippen LogP contribution in [0.25, 0.3) is 0 Å². The number of quaternary nitrogens is 1. The molecule has 0 aromatic heterocycles. The van der Waals surface area contributed by atoms with E-state index in [4.69, 9.17) is 18.5 Å². The predicted molar refractivity (Wildman–Crippen MR) is 390 cm³/mol. The van der Waals surface area contributed by atoms with Gasteiger partial charge in [0.05, 0.1) is 27.7 Å². The molecule has 0 heterocycles. The number of unbranched alkanes of at least 4 members (excludes halogenated alkanes) is 46. The Labute approximate surface area is 559 Å². The molecule has 0 rings (SSSR count). The van der Waals surface area contributed by atoms with Crippen LogP contribution in [0.2, 0.25) is 0 Å². The number of ether oxygens (including phenoxy) is 2. The average molecular weight is 1280 g/mol. The smallest absolute Gasteiger partial charge is 0.462 e. The Morgan fingerprint density at radius 3 is 0.956 bits per heavy atom. The predicted octanol–water partition coefficient (Wildman–Crippen LogP) is 25.5. The molecular weight excluding hydrogens is 1130 g/mol. The van der Waals surface area contributed by atoms with Gasteiger partial charge in [-0.1, -0.05) is 350 Å². The molecule has 0 aromatic carbocycles. The highest BCUT2D eigenvalue weighted by Gasteiger charge is 2.27. The number of carbonyl (C=O) groups is 2. The maximum absolute atomic E-state index is 12.9. The number of hydrogen-bond acceptors (Lipinski definition) is 7. The van der Waals surface area contributed by atoms with Crippen LogP contribution in [0, 0.1) is 0 Å². The second-order valence-corrected chi connectivity index (χ2v) is 28.8. The minimum atomic E-state index is -4.40. The number of esters is 2. The summed E-state index contributed by atoms with van der Waals surface area (Å²) < 4.78 is 34.8. The zero-order valence-electron chi connectivity index (χ0n) is 60.1. The Balaban J connectivity index is 3.94. The molecule has 2 unspecified atom stereocenters. The molecular formula is C80H149NO8P+. The van der Waals surface area contributed by atoms with Crippen molar-refractivity contribution in [2.24, 2.45) is 0 Å². The fourth-order valence-electron chi connectivity index (χ4n) is 11.3. The van der Waals surface area contributed by atoms with E-state index in [0.29, 0.717) is 23.9 Å². The molecule has 0 aliphatic rings. The summed E-state index contributed by atoms with van der Waals surface area (Å²) in [5.41, 5.74) is 0. The summed E-state index contributed by atoms with van der Waals surface area (Å²) >= 11 is 0. The molecule has 1 N–H and O–H groups in total. The number of rotatable bonds is 72. The van der Waals surface area contributed by atoms with Gasteiger partial charge in [-0.2, -0.15) is 0 Å². The lowest BCUT2D eigenvalue weighted by molar-refractivity contribution is -0.870. The fourth-order valence-corrected chi connectivity index (χ4v) is 12.1. The highest BCUT2D eigenvalue weighted by atomic mass is 31.2. The number of phosphoric ester groups is 1. The van der Waals surface area contributed by atoms with Gasteiger partial charge in [-0.15, -0.1) is 0 Å². The van der Waals surface area contributed by atoms with Crippen LogP contribution >= 0.6 is 7.82 Å². The Morgan fingerprint density at radius 1 is 0.356 bits per heavy atom. The van der Waals surface area contributed by atoms with Crippen LogP contribution in [0.1, 0.15) is 373 Å². The summed E-state index contributed by atoms with van der Waals surface area (Å²) in [6.45, 7) is 4.37. The molecule has 0 bridgehead atoms. The van der Waals surface area contributed by atoms with Gasteiger partial charge in [0, 0.05) is 12.8 Å². The molecule has 0 saturated carbocycles. The Bertz CT molecular complexity index is 1750. The molecule has 9 nitrogen and oxygen atoms in total. The number of phosphoric acid groups is 1. The van der Waals surface area contributed by atoms with Gasteiger partial charge in [-0.05, 0) is 83.5 Å². The number of hydrogen-bond donors (Lipinski definition) is 1. The van der Waals surface area contributed by atoms with Crippen LogP contribution in [-0.2, 0) is 32.7 Å². The number of allylic oxidation sites excluding steroid dienone is 12. The van der Waals surface area contributed by atoms with E-state index in [2.05, 4.69) is 86.8 Å². The summed E-state index contributed by atoms with van der Waals surface area (Å²) in [5, 5.41) is 0. The van der Waals surface area contributed by atoms with Gasteiger partial charge in [0.1, 0.15) is 19.8 Å². The van der Waals surface area contributed by atoms with E-state index in [1.54, 1.807) is 0 Å². The number of carbonyl (C=O) groups excluding carboxylic acids is 2. The van der Waals surface area contributed by atoms with Crippen molar-refractivity contribution in [3.8, 4) is 0 Å². The van der Waals surface area contributed by atoms with Gasteiger partial charge in [-0.25, -0.2) is 4.57 Å². The zero-order valence-corrected chi connectivity index (χ0v) is 61.0. The van der Waals surface area contributed by atoms with Gasteiger partial charge < -0.3 is 18.9 Å². The molecule has 0 amide bonds. The summed E-state index contributed by atoms with van der Waals surface area (Å²) in [4.78, 5) is 35.9. The summed E-state index contributed by atoms with van der Waals surface area (Å²) in [6.07, 6.45) is 96.1. The third-order valence-corrected chi connectivity index (χ3v) is 18.2. The molecule has 10 heteroatoms. The van der Waals surface area contributed by atoms with E-state index in [9.17, 15) is 19.0 Å². The van der Waals surface area contributed by atoms with E-state index < -0.39 is 26.5 Å². The van der Waals surface area contributed by atoms with Crippen molar-refractivity contribution in [2.75, 3.05) is 47.5 Å². The molecule has 526 valence electrons. The minimum Gasteiger partial charge on any atom is -0.462 e. The van der Waals surface area contributed by atoms with Crippen LogP contribution in [0.3, 0.4) is 0 Å². The highest BCUT2D eigenvalue weighted by molar-refractivity contribution is 7.47. The number of likely N-dealkylation sites (N-methyl/N-ethyl adjacent to an activating group) is 1. The van der Waals surface area contributed by atoms with Crippen molar-refractivity contribution < 1.29 is 42.1 Å². The van der Waals surface area contributed by atoms with Crippen molar-refractivity contribution >= 4 is 19.8 Å². The quantitative estimate of drug-likeness (QED) is 0.0211. The largest absolute Gasteiger partial charge is 0.472 e. The minimum absolute atomic E-state index is 0.0314. The van der Waals surface area contributed by atoms with Gasteiger partial charge in [0.2, 0.25) is 0 Å². The Morgan fingerprint density at radius 2 is 0.633 bits per heavy atom. The van der Waals surface area contributed by atoms with E-state index in [-0.39, 0.29) is 25.6 Å². The first-order chi connectivity index (χ1) is 44.0. The SMILES string of the molecule is CC/C=C\C/C=C\C/C=C\C/C=C\C/C=C\CCCCCCCCCCCCCCCC(=O)OC(COC(=O)CCCCCCCCCCCCCCCCCCCCCCCCCCC/C=C\CCCCCCCCCC)COP(=O)(O)OCC[N+](C)(C)C. The van der Waals surface area contributed by atoms with Gasteiger partial charge in [0.15, 0.2) is 6.10 Å². The highest BCUT2D eigenvalue weighted by Crippen LogP contribution is 2.43. The number of nitrogens with zero attached hydrogens (tertiary/aromatic N) is 1. The first kappa shape index (κ1) is 87.5. The van der Waals surface area contributed by atoms with Crippen molar-refractivity contribution in [3.05, 3.63) is 72.9 Å². The lowest BCUT2D eigenvalue weighted by atomic mass is 10.0. The van der Waals surface area contributed by atoms with Gasteiger partial charge >= 0.3 is 19.8 Å². The molecule has 0 aliphatic heterocycles. The van der Waals surface area contributed by atoms with Gasteiger partial charge in [0.25, 0.3) is 0 Å². The van der Waals surface area contributed by atoms with Crippen LogP contribution in [0.5, 0.6) is 0 Å². The van der Waals surface area contributed by atoms with E-state index in [0.717, 1.165) is 70.6 Å². The second-order valence-electron chi connectivity index (χ2n) is 27.4. The molecule has 2 atom stereocenters. The monoisotopic (exact) mass is 1280 g/mol. The topological polar surface area (TPSA) is 108 Å². The van der Waals surface area contributed by atoms with Crippen LogP contribution < -0.4 is 0 Å². The van der Waals surface area contributed by atoms with Crippen molar-refractivity contribution in [1.82, 2.24) is 0 Å². The van der Waals surface area contributed by atoms with E-state index >= 15 is 0 Å². The molecule has 90 heavy (non-hydrogen) atoms. The Hall–Kier alpha value is -2.55. The van der Waals surface area contributed by atoms with E-state index in [1.165, 1.54) is 270 Å². The summed E-state index contributed by atoms with van der Waals surface area (Å²) in [6, 6.07) is 0. The van der Waals surface area contributed by atoms with E-state index in [1.807, 2.05) is 21.1 Å². The zero-order chi connectivity index (χ0) is 65.5.